The molecule has 0 spiro atoms. The molecular formula is C14H24N4O4S. The third-order valence-corrected chi connectivity index (χ3v) is 5.41. The minimum atomic E-state index is -3.74. The number of rotatable bonds is 5. The van der Waals surface area contributed by atoms with Crippen molar-refractivity contribution in [2.45, 2.75) is 57.0 Å². The maximum Gasteiger partial charge on any atom is 0.407 e. The Kier molecular flexibility index (Phi) is 4.72. The van der Waals surface area contributed by atoms with Crippen LogP contribution >= 0.6 is 0 Å². The highest BCUT2D eigenvalue weighted by molar-refractivity contribution is 7.89. The van der Waals surface area contributed by atoms with E-state index in [9.17, 15) is 18.3 Å². The Labute approximate surface area is 136 Å². The van der Waals surface area contributed by atoms with Gasteiger partial charge in [0.05, 0.1) is 5.69 Å². The zero-order valence-corrected chi connectivity index (χ0v) is 14.5. The number of aromatic nitrogens is 2. The van der Waals surface area contributed by atoms with E-state index in [0.717, 1.165) is 19.3 Å². The molecule has 130 valence electrons. The molecule has 23 heavy (non-hydrogen) atoms. The number of sulfonamides is 1. The summed E-state index contributed by atoms with van der Waals surface area (Å²) in [7, 11) is -3.74. The number of primary sulfonamides is 1. The summed E-state index contributed by atoms with van der Waals surface area (Å²) < 4.78 is 24.4. The average molecular weight is 344 g/mol. The van der Waals surface area contributed by atoms with Crippen molar-refractivity contribution in [1.29, 1.82) is 0 Å². The van der Waals surface area contributed by atoms with E-state index >= 15 is 0 Å². The Hall–Kier alpha value is -1.61. The van der Waals surface area contributed by atoms with Crippen LogP contribution in [0.2, 0.25) is 0 Å². The fourth-order valence-electron chi connectivity index (χ4n) is 3.35. The van der Waals surface area contributed by atoms with Gasteiger partial charge in [0, 0.05) is 24.8 Å². The quantitative estimate of drug-likeness (QED) is 0.837. The van der Waals surface area contributed by atoms with E-state index in [1.807, 2.05) is 13.8 Å². The van der Waals surface area contributed by atoms with Crippen molar-refractivity contribution in [1.82, 2.24) is 14.7 Å². The highest BCUT2D eigenvalue weighted by Crippen LogP contribution is 2.35. The Bertz CT molecular complexity index is 696. The van der Waals surface area contributed by atoms with Gasteiger partial charge in [0.2, 0.25) is 10.0 Å². The van der Waals surface area contributed by atoms with Gasteiger partial charge in [-0.25, -0.2) is 18.4 Å². The summed E-state index contributed by atoms with van der Waals surface area (Å²) in [5, 5.41) is 18.5. The zero-order chi connectivity index (χ0) is 17.4. The number of amides is 1. The Balaban J connectivity index is 1.91. The molecule has 1 aromatic heterocycles. The highest BCUT2D eigenvalue weighted by atomic mass is 32.2. The summed E-state index contributed by atoms with van der Waals surface area (Å²) in [6.45, 7) is 6.62. The molecule has 1 amide bonds. The van der Waals surface area contributed by atoms with E-state index in [2.05, 4.69) is 5.10 Å². The predicted molar refractivity (Wildman–Crippen MR) is 84.5 cm³/mol. The standard InChI is InChI=1S/C14H24N4O4S/c1-10-12(23(15,21)22)9-17(16-10)6-4-5-11-7-14(2,3)18(8-11)13(19)20/h9,11H,4-8H2,1-3H3,(H,19,20)(H2,15,21,22)/t11-/m0/s1. The molecule has 0 bridgehead atoms. The number of hydrogen-bond acceptors (Lipinski definition) is 4. The van der Waals surface area contributed by atoms with Crippen LogP contribution in [0.25, 0.3) is 0 Å². The Morgan fingerprint density at radius 2 is 2.17 bits per heavy atom. The lowest BCUT2D eigenvalue weighted by Crippen LogP contribution is -2.41. The molecule has 0 saturated carbocycles. The number of hydrogen-bond donors (Lipinski definition) is 2. The zero-order valence-electron chi connectivity index (χ0n) is 13.7. The fraction of sp³-hybridized carbons (Fsp3) is 0.714. The van der Waals surface area contributed by atoms with E-state index in [0.29, 0.717) is 24.7 Å². The van der Waals surface area contributed by atoms with Crippen LogP contribution in [-0.2, 0) is 16.6 Å². The molecule has 0 radical (unpaired) electrons. The lowest BCUT2D eigenvalue weighted by molar-refractivity contribution is 0.117. The summed E-state index contributed by atoms with van der Waals surface area (Å²) in [5.74, 6) is 0.315. The third kappa shape index (κ3) is 4.03. The normalized spacial score (nSPS) is 20.9. The molecule has 9 heteroatoms. The van der Waals surface area contributed by atoms with Crippen LogP contribution in [0.1, 0.15) is 38.8 Å². The van der Waals surface area contributed by atoms with Gasteiger partial charge >= 0.3 is 6.09 Å². The SMILES string of the molecule is Cc1nn(CCC[C@@H]2CN(C(=O)O)C(C)(C)C2)cc1S(N)(=O)=O. The number of aryl methyl sites for hydroxylation is 2. The van der Waals surface area contributed by atoms with Gasteiger partial charge in [0.25, 0.3) is 0 Å². The number of carboxylic acid groups (broad SMARTS) is 1. The van der Waals surface area contributed by atoms with Crippen molar-refractivity contribution in [2.24, 2.45) is 11.1 Å². The van der Waals surface area contributed by atoms with Gasteiger partial charge in [-0.1, -0.05) is 0 Å². The largest absolute Gasteiger partial charge is 0.465 e. The van der Waals surface area contributed by atoms with E-state index in [4.69, 9.17) is 5.14 Å². The van der Waals surface area contributed by atoms with Gasteiger partial charge in [0.15, 0.2) is 0 Å². The fourth-order valence-corrected chi connectivity index (χ4v) is 4.07. The lowest BCUT2D eigenvalue weighted by atomic mass is 9.93. The van der Waals surface area contributed by atoms with Gasteiger partial charge in [-0.05, 0) is 46.0 Å². The summed E-state index contributed by atoms with van der Waals surface area (Å²) in [6, 6.07) is 0. The summed E-state index contributed by atoms with van der Waals surface area (Å²) in [4.78, 5) is 12.8. The topological polar surface area (TPSA) is 119 Å². The molecule has 1 aromatic rings. The Morgan fingerprint density at radius 3 is 2.65 bits per heavy atom. The summed E-state index contributed by atoms with van der Waals surface area (Å²) >= 11 is 0. The second kappa shape index (κ2) is 6.12. The minimum absolute atomic E-state index is 0.0524. The van der Waals surface area contributed by atoms with Crippen LogP contribution in [0, 0.1) is 12.8 Å². The monoisotopic (exact) mass is 344 g/mol. The molecule has 1 aliphatic rings. The maximum absolute atomic E-state index is 11.4. The van der Waals surface area contributed by atoms with Gasteiger partial charge in [0.1, 0.15) is 4.90 Å². The molecule has 1 aliphatic heterocycles. The minimum Gasteiger partial charge on any atom is -0.465 e. The van der Waals surface area contributed by atoms with Crippen molar-refractivity contribution in [3.8, 4) is 0 Å². The van der Waals surface area contributed by atoms with Crippen LogP contribution in [0.3, 0.4) is 0 Å². The first-order chi connectivity index (χ1) is 10.5. The van der Waals surface area contributed by atoms with Crippen LogP contribution in [-0.4, -0.2) is 46.4 Å². The number of nitrogens with two attached hydrogens (primary N) is 1. The van der Waals surface area contributed by atoms with Crippen molar-refractivity contribution in [3.05, 3.63) is 11.9 Å². The molecule has 8 nitrogen and oxygen atoms in total. The van der Waals surface area contributed by atoms with E-state index in [1.54, 1.807) is 11.6 Å². The molecule has 0 aromatic carbocycles. The van der Waals surface area contributed by atoms with Crippen LogP contribution in [0.15, 0.2) is 11.1 Å². The second-order valence-corrected chi connectivity index (χ2v) is 8.33. The maximum atomic E-state index is 11.4. The predicted octanol–water partition coefficient (Wildman–Crippen LogP) is 1.40. The van der Waals surface area contributed by atoms with Gasteiger partial charge in [-0.15, -0.1) is 0 Å². The van der Waals surface area contributed by atoms with Gasteiger partial charge < -0.3 is 10.0 Å². The van der Waals surface area contributed by atoms with Gasteiger partial charge in [-0.3, -0.25) is 4.68 Å². The van der Waals surface area contributed by atoms with Crippen LogP contribution in [0.4, 0.5) is 4.79 Å². The lowest BCUT2D eigenvalue weighted by Gasteiger charge is -2.28. The number of nitrogens with zero attached hydrogens (tertiary/aromatic N) is 3. The molecule has 1 saturated heterocycles. The Morgan fingerprint density at radius 1 is 1.52 bits per heavy atom. The van der Waals surface area contributed by atoms with Crippen LogP contribution < -0.4 is 5.14 Å². The summed E-state index contributed by atoms with van der Waals surface area (Å²) in [6.07, 6.45) is 3.08. The van der Waals surface area contributed by atoms with Crippen molar-refractivity contribution in [2.75, 3.05) is 6.54 Å². The molecule has 1 atom stereocenters. The van der Waals surface area contributed by atoms with Gasteiger partial charge in [-0.2, -0.15) is 5.10 Å². The first-order valence-corrected chi connectivity index (χ1v) is 9.13. The molecule has 3 N–H and O–H groups in total. The van der Waals surface area contributed by atoms with Crippen molar-refractivity contribution in [3.63, 3.8) is 0 Å². The van der Waals surface area contributed by atoms with Crippen LogP contribution in [0.5, 0.6) is 0 Å². The molecule has 0 aliphatic carbocycles. The number of carbonyl (C=O) groups is 1. The third-order valence-electron chi connectivity index (χ3n) is 4.40. The van der Waals surface area contributed by atoms with E-state index in [-0.39, 0.29) is 10.4 Å². The number of likely N-dealkylation sites (tertiary alicyclic amines) is 1. The molecule has 2 heterocycles. The average Bonchev–Trinajstić information content (AvgIpc) is 2.89. The molecular weight excluding hydrogens is 320 g/mol. The van der Waals surface area contributed by atoms with Crippen molar-refractivity contribution < 1.29 is 18.3 Å². The first kappa shape index (κ1) is 17.7. The molecule has 0 unspecified atom stereocenters. The van der Waals surface area contributed by atoms with E-state index < -0.39 is 16.1 Å². The highest BCUT2D eigenvalue weighted by Gasteiger charge is 2.40. The molecule has 2 rings (SSSR count). The second-order valence-electron chi connectivity index (χ2n) is 6.80. The summed E-state index contributed by atoms with van der Waals surface area (Å²) in [5.41, 5.74) is 0.0612. The smallest absolute Gasteiger partial charge is 0.407 e. The van der Waals surface area contributed by atoms with Crippen molar-refractivity contribution >= 4 is 16.1 Å². The van der Waals surface area contributed by atoms with E-state index in [1.165, 1.54) is 11.1 Å². The molecule has 1 fully saturated rings. The first-order valence-electron chi connectivity index (χ1n) is 7.58.